The Kier molecular flexibility index (Phi) is 18.9. The molecular formula is C27H34Cl2SiZr-4. The van der Waals surface area contributed by atoms with E-state index >= 15 is 0 Å². The molecule has 3 aromatic rings. The second-order valence-electron chi connectivity index (χ2n) is 7.00. The van der Waals surface area contributed by atoms with Gasteiger partial charge in [0.1, 0.15) is 0 Å². The van der Waals surface area contributed by atoms with Crippen LogP contribution < -0.4 is 0 Å². The molecule has 0 spiro atoms. The Balaban J connectivity index is -0.000000460. The van der Waals surface area contributed by atoms with Gasteiger partial charge in [0.15, 0.2) is 0 Å². The Morgan fingerprint density at radius 2 is 1.52 bits per heavy atom. The molecule has 0 aliphatic heterocycles. The van der Waals surface area contributed by atoms with E-state index in [1.807, 2.05) is 0 Å². The molecule has 168 valence electrons. The van der Waals surface area contributed by atoms with E-state index in [1.165, 1.54) is 67.5 Å². The predicted octanol–water partition coefficient (Wildman–Crippen LogP) is 8.62. The first-order valence-electron chi connectivity index (χ1n) is 9.21. The molecule has 1 unspecified atom stereocenters. The Hall–Kier alpha value is -0.790. The van der Waals surface area contributed by atoms with Crippen LogP contribution in [0, 0.1) is 33.8 Å². The summed E-state index contributed by atoms with van der Waals surface area (Å²) >= 11 is 1.36. The average molecular weight is 549 g/mol. The van der Waals surface area contributed by atoms with Gasteiger partial charge in [0, 0.05) is 0 Å². The zero-order chi connectivity index (χ0) is 20.0. The number of hydrogen-bond donors (Lipinski definition) is 0. The summed E-state index contributed by atoms with van der Waals surface area (Å²) in [5.74, 6) is 0.560. The zero-order valence-corrected chi connectivity index (χ0v) is 24.8. The number of aryl methyl sites for hydroxylation is 1. The Morgan fingerprint density at radius 1 is 0.903 bits per heavy atom. The number of hydrogen-bond acceptors (Lipinski definition) is 0. The van der Waals surface area contributed by atoms with Gasteiger partial charge >= 0.3 is 30.2 Å². The zero-order valence-electron chi connectivity index (χ0n) is 19.7. The second kappa shape index (κ2) is 16.8. The van der Waals surface area contributed by atoms with Crippen molar-refractivity contribution >= 4 is 42.5 Å². The van der Waals surface area contributed by atoms with E-state index in [0.29, 0.717) is 5.92 Å². The number of allylic oxidation sites excluding steroid dienone is 4. The fourth-order valence-corrected chi connectivity index (χ4v) is 3.38. The number of benzene rings is 2. The topological polar surface area (TPSA) is 0 Å². The Bertz CT molecular complexity index is 986. The molecule has 0 amide bonds. The third kappa shape index (κ3) is 8.93. The van der Waals surface area contributed by atoms with Crippen molar-refractivity contribution in [3.05, 3.63) is 104 Å². The molecule has 0 saturated carbocycles. The van der Waals surface area contributed by atoms with Crippen LogP contribution in [0.1, 0.15) is 33.3 Å². The summed E-state index contributed by atoms with van der Waals surface area (Å²) in [6, 6.07) is 21.6. The first-order chi connectivity index (χ1) is 13.0. The van der Waals surface area contributed by atoms with E-state index in [0.717, 1.165) is 0 Å². The Labute approximate surface area is 220 Å². The third-order valence-corrected chi connectivity index (χ3v) is 5.25. The fraction of sp³-hybridized carbons (Fsp3) is 0.222. The van der Waals surface area contributed by atoms with Crippen molar-refractivity contribution in [2.24, 2.45) is 5.92 Å². The molecular weight excluding hydrogens is 515 g/mol. The maximum atomic E-state index is 3.36. The summed E-state index contributed by atoms with van der Waals surface area (Å²) in [6.07, 6.45) is 3.36. The van der Waals surface area contributed by atoms with E-state index in [1.54, 1.807) is 0 Å². The van der Waals surface area contributed by atoms with Gasteiger partial charge in [-0.3, -0.25) is 6.08 Å². The second-order valence-corrected chi connectivity index (χ2v) is 7.00. The number of fused-ring (bicyclic) bond motifs is 1. The number of halogens is 2. The summed E-state index contributed by atoms with van der Waals surface area (Å²) in [6.45, 7) is 13.9. The van der Waals surface area contributed by atoms with Crippen LogP contribution in [0.3, 0.4) is 0 Å². The SMILES string of the molecule is CC1=[C-]C(C)C(C)=C1C.Cc1cccc(-c2c[cH-]c3ccccc23)c1.Cl.Cl.[CH3-].[CH3-].[Si]=[Zr]. The van der Waals surface area contributed by atoms with E-state index in [4.69, 9.17) is 0 Å². The minimum atomic E-state index is 0. The van der Waals surface area contributed by atoms with Gasteiger partial charge in [-0.25, -0.2) is 5.57 Å². The Morgan fingerprint density at radius 3 is 2.00 bits per heavy atom. The van der Waals surface area contributed by atoms with E-state index < -0.39 is 0 Å². The van der Waals surface area contributed by atoms with Crippen LogP contribution >= 0.6 is 24.8 Å². The van der Waals surface area contributed by atoms with Crippen LogP contribution in [0.5, 0.6) is 0 Å². The van der Waals surface area contributed by atoms with Crippen LogP contribution in [-0.4, -0.2) is 6.88 Å². The van der Waals surface area contributed by atoms with Crippen molar-refractivity contribution < 1.29 is 23.3 Å². The minimum absolute atomic E-state index is 0. The molecule has 0 bridgehead atoms. The van der Waals surface area contributed by atoms with E-state index in [2.05, 4.69) is 108 Å². The fourth-order valence-electron chi connectivity index (χ4n) is 3.38. The summed E-state index contributed by atoms with van der Waals surface area (Å²) in [7, 11) is 0. The first-order valence-corrected chi connectivity index (χ1v) is 13.4. The molecule has 1 atom stereocenters. The summed E-state index contributed by atoms with van der Waals surface area (Å²) in [5, 5.41) is 2.66. The molecule has 0 heterocycles. The van der Waals surface area contributed by atoms with Gasteiger partial charge < -0.3 is 14.9 Å². The summed E-state index contributed by atoms with van der Waals surface area (Å²) in [4.78, 5) is 0. The van der Waals surface area contributed by atoms with Crippen LogP contribution in [0.2, 0.25) is 0 Å². The van der Waals surface area contributed by atoms with Crippen molar-refractivity contribution in [2.75, 3.05) is 0 Å². The van der Waals surface area contributed by atoms with Crippen molar-refractivity contribution in [3.8, 4) is 11.1 Å². The van der Waals surface area contributed by atoms with Crippen LogP contribution in [-0.2, 0) is 23.3 Å². The van der Waals surface area contributed by atoms with Gasteiger partial charge in [-0.1, -0.05) is 68.1 Å². The predicted molar refractivity (Wildman–Crippen MR) is 143 cm³/mol. The molecule has 31 heavy (non-hydrogen) atoms. The van der Waals surface area contributed by atoms with Crippen molar-refractivity contribution in [3.63, 3.8) is 0 Å². The van der Waals surface area contributed by atoms with Gasteiger partial charge in [-0.2, -0.15) is 11.1 Å². The molecule has 1 aliphatic carbocycles. The molecule has 0 nitrogen and oxygen atoms in total. The maximum absolute atomic E-state index is 3.36. The van der Waals surface area contributed by atoms with E-state index in [9.17, 15) is 0 Å². The molecule has 3 aromatic carbocycles. The van der Waals surface area contributed by atoms with Gasteiger partial charge in [0.2, 0.25) is 0 Å². The van der Waals surface area contributed by atoms with Gasteiger partial charge in [-0.05, 0) is 6.92 Å². The molecule has 0 fully saturated rings. The van der Waals surface area contributed by atoms with Gasteiger partial charge in [0.25, 0.3) is 0 Å². The van der Waals surface area contributed by atoms with Crippen molar-refractivity contribution in [2.45, 2.75) is 34.6 Å². The summed E-state index contributed by atoms with van der Waals surface area (Å²) < 4.78 is 0. The third-order valence-electron chi connectivity index (χ3n) is 5.25. The average Bonchev–Trinajstić information content (AvgIpc) is 3.21. The van der Waals surface area contributed by atoms with Crippen molar-refractivity contribution in [1.29, 1.82) is 0 Å². The standard InChI is InChI=1S/C16H13.C9H13.2CH3.2ClH.Si.Zr/c1-12-5-4-7-14(11-12)16-10-9-13-6-2-3-8-15(13)16;1-6-5-7(2)9(4)8(6)3;;;;;;/h2-11H,1H3;6H,1-4H3;2*1H3;2*1H;;/q4*-1;;;;. The van der Waals surface area contributed by atoms with Crippen LogP contribution in [0.15, 0.2) is 77.4 Å². The monoisotopic (exact) mass is 546 g/mol. The van der Waals surface area contributed by atoms with Crippen molar-refractivity contribution in [1.82, 2.24) is 0 Å². The molecule has 0 saturated heterocycles. The quantitative estimate of drug-likeness (QED) is 0.211. The first kappa shape index (κ1) is 34.8. The van der Waals surface area contributed by atoms with Gasteiger partial charge in [0.05, 0.1) is 0 Å². The van der Waals surface area contributed by atoms with Gasteiger partial charge in [-0.15, -0.1) is 78.4 Å². The summed E-state index contributed by atoms with van der Waals surface area (Å²) in [5.41, 5.74) is 8.19. The van der Waals surface area contributed by atoms with Crippen LogP contribution in [0.4, 0.5) is 0 Å². The molecule has 0 aromatic heterocycles. The molecule has 1 aliphatic rings. The molecule has 2 radical (unpaired) electrons. The molecule has 0 N–H and O–H groups in total. The number of rotatable bonds is 1. The normalized spacial score (nSPS) is 13.5. The molecule has 4 rings (SSSR count). The van der Waals surface area contributed by atoms with Crippen LogP contribution in [0.25, 0.3) is 21.9 Å². The molecule has 4 heteroatoms. The van der Waals surface area contributed by atoms with E-state index in [-0.39, 0.29) is 39.7 Å².